The average molecular weight is 279 g/mol. The predicted octanol–water partition coefficient (Wildman–Crippen LogP) is 7.58. The standard InChI is InChI=1S/4C4H8.C4H6/c5*1-2-4-3-1/h4*1-4H2;1-2H,3-4H2. The second-order valence-electron chi connectivity index (χ2n) is 6.71. The third-order valence-electron chi connectivity index (χ3n) is 4.67. The number of rotatable bonds is 0. The molecule has 4 saturated carbocycles. The Kier molecular flexibility index (Phi) is 13.5. The van der Waals surface area contributed by atoms with Gasteiger partial charge in [0, 0.05) is 0 Å². The van der Waals surface area contributed by atoms with E-state index in [1.807, 2.05) is 0 Å². The molecule has 0 aromatic rings. The molecule has 5 aliphatic carbocycles. The van der Waals surface area contributed by atoms with E-state index in [4.69, 9.17) is 0 Å². The van der Waals surface area contributed by atoms with Gasteiger partial charge in [0.1, 0.15) is 0 Å². The van der Waals surface area contributed by atoms with E-state index >= 15 is 0 Å². The summed E-state index contributed by atoms with van der Waals surface area (Å²) in [7, 11) is 0. The zero-order chi connectivity index (χ0) is 14.1. The van der Waals surface area contributed by atoms with Gasteiger partial charge in [-0.2, -0.15) is 0 Å². The highest BCUT2D eigenvalue weighted by molar-refractivity contribution is 4.92. The van der Waals surface area contributed by atoms with Gasteiger partial charge < -0.3 is 0 Å². The van der Waals surface area contributed by atoms with Crippen molar-refractivity contribution in [3.63, 3.8) is 0 Å². The lowest BCUT2D eigenvalue weighted by Gasteiger charge is -2.05. The van der Waals surface area contributed by atoms with Crippen LogP contribution in [0.15, 0.2) is 12.2 Å². The molecule has 0 aliphatic heterocycles. The molecular weight excluding hydrogens is 240 g/mol. The maximum absolute atomic E-state index is 2.18. The maximum atomic E-state index is 2.18. The SMILES string of the molecule is C1=CCC1.C1CCC1.C1CCC1.C1CCC1.C1CCC1. The second-order valence-corrected chi connectivity index (χ2v) is 6.71. The van der Waals surface area contributed by atoms with Gasteiger partial charge in [-0.3, -0.25) is 0 Å². The van der Waals surface area contributed by atoms with Crippen molar-refractivity contribution in [2.45, 2.75) is 116 Å². The van der Waals surface area contributed by atoms with Crippen LogP contribution in [0.5, 0.6) is 0 Å². The molecule has 0 aromatic carbocycles. The highest BCUT2D eigenvalue weighted by Crippen LogP contribution is 2.16. The number of allylic oxidation sites excluding steroid dienone is 2. The Balaban J connectivity index is 0.000000125. The van der Waals surface area contributed by atoms with Crippen LogP contribution in [0.25, 0.3) is 0 Å². The summed E-state index contributed by atoms with van der Waals surface area (Å²) in [6.07, 6.45) is 31.0. The zero-order valence-corrected chi connectivity index (χ0v) is 13.9. The normalized spacial score (nSPS) is 23.2. The summed E-state index contributed by atoms with van der Waals surface area (Å²) in [5.41, 5.74) is 0. The Morgan fingerprint density at radius 3 is 0.350 bits per heavy atom. The number of hydrogen-bond donors (Lipinski definition) is 0. The van der Waals surface area contributed by atoms with Crippen LogP contribution in [0.2, 0.25) is 0 Å². The van der Waals surface area contributed by atoms with Gasteiger partial charge in [-0.1, -0.05) is 115 Å². The van der Waals surface area contributed by atoms with Gasteiger partial charge in [-0.25, -0.2) is 0 Å². The smallest absolute Gasteiger partial charge is 0.0316 e. The summed E-state index contributed by atoms with van der Waals surface area (Å²) < 4.78 is 0. The molecule has 4 fully saturated rings. The van der Waals surface area contributed by atoms with Crippen molar-refractivity contribution >= 4 is 0 Å². The molecule has 0 unspecified atom stereocenters. The fourth-order valence-corrected chi connectivity index (χ4v) is 1.17. The highest BCUT2D eigenvalue weighted by Gasteiger charge is 1.96. The molecule has 0 spiro atoms. The minimum Gasteiger partial charge on any atom is -0.0882 e. The first-order valence-corrected chi connectivity index (χ1v) is 9.65. The second kappa shape index (κ2) is 15.1. The van der Waals surface area contributed by atoms with Crippen LogP contribution in [-0.2, 0) is 0 Å². The Morgan fingerprint density at radius 2 is 0.350 bits per heavy atom. The lowest BCUT2D eigenvalue weighted by molar-refractivity contribution is 0.504. The quantitative estimate of drug-likeness (QED) is 0.401. The molecule has 0 atom stereocenters. The van der Waals surface area contributed by atoms with Gasteiger partial charge in [0.2, 0.25) is 0 Å². The van der Waals surface area contributed by atoms with E-state index < -0.39 is 0 Å². The monoisotopic (exact) mass is 278 g/mol. The summed E-state index contributed by atoms with van der Waals surface area (Å²) in [5, 5.41) is 0. The van der Waals surface area contributed by atoms with Crippen molar-refractivity contribution in [3.05, 3.63) is 12.2 Å². The molecule has 0 heterocycles. The summed E-state index contributed by atoms with van der Waals surface area (Å²) in [6.45, 7) is 0. The third kappa shape index (κ3) is 12.8. The summed E-state index contributed by atoms with van der Waals surface area (Å²) in [6, 6.07) is 0. The molecule has 5 aliphatic rings. The van der Waals surface area contributed by atoms with Crippen LogP contribution >= 0.6 is 0 Å². The van der Waals surface area contributed by atoms with Crippen LogP contribution in [0.3, 0.4) is 0 Å². The van der Waals surface area contributed by atoms with Gasteiger partial charge >= 0.3 is 0 Å². The van der Waals surface area contributed by atoms with E-state index in [-0.39, 0.29) is 0 Å². The van der Waals surface area contributed by atoms with E-state index in [9.17, 15) is 0 Å². The van der Waals surface area contributed by atoms with E-state index in [1.165, 1.54) is 116 Å². The van der Waals surface area contributed by atoms with Crippen LogP contribution in [-0.4, -0.2) is 0 Å². The van der Waals surface area contributed by atoms with E-state index in [1.54, 1.807) is 0 Å². The van der Waals surface area contributed by atoms with Crippen molar-refractivity contribution in [1.82, 2.24) is 0 Å². The Hall–Kier alpha value is -0.260. The van der Waals surface area contributed by atoms with Crippen molar-refractivity contribution in [1.29, 1.82) is 0 Å². The Labute approximate surface area is 128 Å². The van der Waals surface area contributed by atoms with Crippen LogP contribution in [0, 0.1) is 0 Å². The molecule has 0 heteroatoms. The first-order valence-electron chi connectivity index (χ1n) is 9.65. The lowest BCUT2D eigenvalue weighted by atomic mass is 10.0. The third-order valence-corrected chi connectivity index (χ3v) is 4.67. The van der Waals surface area contributed by atoms with Crippen molar-refractivity contribution in [2.75, 3.05) is 0 Å². The molecule has 0 radical (unpaired) electrons. The largest absolute Gasteiger partial charge is 0.0882 e. The molecule has 0 amide bonds. The van der Waals surface area contributed by atoms with Gasteiger partial charge in [0.25, 0.3) is 0 Å². The zero-order valence-electron chi connectivity index (χ0n) is 13.9. The summed E-state index contributed by atoms with van der Waals surface area (Å²) in [4.78, 5) is 0. The fourth-order valence-electron chi connectivity index (χ4n) is 1.17. The topological polar surface area (TPSA) is 0 Å². The van der Waals surface area contributed by atoms with E-state index in [2.05, 4.69) is 12.2 Å². The van der Waals surface area contributed by atoms with Gasteiger partial charge in [0.05, 0.1) is 0 Å². The highest BCUT2D eigenvalue weighted by atomic mass is 14.0. The van der Waals surface area contributed by atoms with E-state index in [0.717, 1.165) is 0 Å². The van der Waals surface area contributed by atoms with E-state index in [0.29, 0.717) is 0 Å². The minimum absolute atomic E-state index is 1.32. The minimum atomic E-state index is 1.32. The molecule has 20 heavy (non-hydrogen) atoms. The van der Waals surface area contributed by atoms with Crippen LogP contribution < -0.4 is 0 Å². The average Bonchev–Trinajstić information content (AvgIpc) is 1.79. The first kappa shape index (κ1) is 17.8. The Bertz CT molecular complexity index is 134. The molecular formula is C20H38. The summed E-state index contributed by atoms with van der Waals surface area (Å²) >= 11 is 0. The molecule has 118 valence electrons. The molecule has 0 nitrogen and oxygen atoms in total. The van der Waals surface area contributed by atoms with Crippen molar-refractivity contribution in [3.8, 4) is 0 Å². The van der Waals surface area contributed by atoms with Gasteiger partial charge in [0.15, 0.2) is 0 Å². The molecule has 0 N–H and O–H groups in total. The number of hydrogen-bond acceptors (Lipinski definition) is 0. The summed E-state index contributed by atoms with van der Waals surface area (Å²) in [5.74, 6) is 0. The van der Waals surface area contributed by atoms with Crippen molar-refractivity contribution in [2.24, 2.45) is 0 Å². The fraction of sp³-hybridized carbons (Fsp3) is 0.900. The van der Waals surface area contributed by atoms with Crippen molar-refractivity contribution < 1.29 is 0 Å². The van der Waals surface area contributed by atoms with Gasteiger partial charge in [-0.15, -0.1) is 0 Å². The molecule has 0 bridgehead atoms. The van der Waals surface area contributed by atoms with Crippen LogP contribution in [0.4, 0.5) is 0 Å². The Morgan fingerprint density at radius 1 is 0.250 bits per heavy atom. The lowest BCUT2D eigenvalue weighted by Crippen LogP contribution is -1.85. The molecule has 0 saturated heterocycles. The van der Waals surface area contributed by atoms with Gasteiger partial charge in [-0.05, 0) is 12.8 Å². The molecule has 0 aromatic heterocycles. The first-order chi connectivity index (χ1) is 10.0. The predicted molar refractivity (Wildman–Crippen MR) is 92.2 cm³/mol. The van der Waals surface area contributed by atoms with Crippen LogP contribution in [0.1, 0.15) is 116 Å². The maximum Gasteiger partial charge on any atom is -0.0316 e. The molecule has 5 rings (SSSR count).